The molecule has 1 N–H and O–H groups in total. The number of hydrogen-bond acceptors (Lipinski definition) is 5. The number of nitrogens with zero attached hydrogens (tertiary/aromatic N) is 2. The number of aryl methyl sites for hydroxylation is 1. The summed E-state index contributed by atoms with van der Waals surface area (Å²) in [6.07, 6.45) is 5.29. The van der Waals surface area contributed by atoms with Crippen LogP contribution in [0.25, 0.3) is 11.5 Å². The first-order valence-electron chi connectivity index (χ1n) is 7.34. The number of aromatic hydroxyl groups is 1. The highest BCUT2D eigenvalue weighted by Gasteiger charge is 2.38. The molecule has 1 fully saturated rings. The summed E-state index contributed by atoms with van der Waals surface area (Å²) < 4.78 is 11.1. The predicted molar refractivity (Wildman–Crippen MR) is 77.9 cm³/mol. The zero-order valence-corrected chi connectivity index (χ0v) is 12.4. The minimum Gasteiger partial charge on any atom is -0.508 e. The van der Waals surface area contributed by atoms with E-state index in [1.165, 1.54) is 6.42 Å². The quantitative estimate of drug-likeness (QED) is 0.935. The van der Waals surface area contributed by atoms with E-state index in [1.54, 1.807) is 13.2 Å². The molecule has 1 aliphatic rings. The molecule has 5 heteroatoms. The van der Waals surface area contributed by atoms with Gasteiger partial charge in [0, 0.05) is 12.7 Å². The number of phenolic OH excluding ortho intramolecular Hbond substituents is 1. The average molecular weight is 288 g/mol. The molecule has 1 aliphatic carbocycles. The fraction of sp³-hybridized carbons (Fsp3) is 0.500. The van der Waals surface area contributed by atoms with E-state index in [4.69, 9.17) is 9.26 Å². The molecule has 0 amide bonds. The molecule has 1 saturated carbocycles. The summed E-state index contributed by atoms with van der Waals surface area (Å²) in [4.78, 5) is 4.50. The van der Waals surface area contributed by atoms with Crippen molar-refractivity contribution in [3.63, 3.8) is 0 Å². The van der Waals surface area contributed by atoms with Crippen molar-refractivity contribution in [3.8, 4) is 17.2 Å². The molecule has 1 aromatic heterocycles. The molecule has 21 heavy (non-hydrogen) atoms. The van der Waals surface area contributed by atoms with Gasteiger partial charge in [0.2, 0.25) is 5.82 Å². The number of phenols is 1. The first kappa shape index (κ1) is 14.1. The third-order valence-corrected chi connectivity index (χ3v) is 4.34. The molecule has 0 radical (unpaired) electrons. The van der Waals surface area contributed by atoms with Crippen molar-refractivity contribution in [2.75, 3.05) is 7.11 Å². The lowest BCUT2D eigenvalue weighted by Crippen LogP contribution is -2.32. The zero-order chi connectivity index (χ0) is 14.9. The largest absolute Gasteiger partial charge is 0.508 e. The Morgan fingerprint density at radius 2 is 2.00 bits per heavy atom. The molecule has 0 aliphatic heterocycles. The SMILES string of the molecule is COC1(c2noc(-c3ccc(C)c(O)c3)n2)CCCCC1. The van der Waals surface area contributed by atoms with Gasteiger partial charge < -0.3 is 14.4 Å². The van der Waals surface area contributed by atoms with Crippen LogP contribution in [-0.4, -0.2) is 22.4 Å². The second-order valence-corrected chi connectivity index (χ2v) is 5.68. The van der Waals surface area contributed by atoms with E-state index in [9.17, 15) is 5.11 Å². The summed E-state index contributed by atoms with van der Waals surface area (Å²) >= 11 is 0. The highest BCUT2D eigenvalue weighted by molar-refractivity contribution is 5.57. The van der Waals surface area contributed by atoms with Crippen molar-refractivity contribution in [2.24, 2.45) is 0 Å². The van der Waals surface area contributed by atoms with E-state index in [-0.39, 0.29) is 5.75 Å². The minimum atomic E-state index is -0.424. The van der Waals surface area contributed by atoms with Crippen LogP contribution in [0.2, 0.25) is 0 Å². The Morgan fingerprint density at radius 3 is 2.67 bits per heavy atom. The van der Waals surface area contributed by atoms with Crippen LogP contribution in [0.3, 0.4) is 0 Å². The van der Waals surface area contributed by atoms with Gasteiger partial charge in [0.05, 0.1) is 0 Å². The molecule has 112 valence electrons. The molecule has 0 spiro atoms. The Hall–Kier alpha value is -1.88. The Morgan fingerprint density at radius 1 is 1.24 bits per heavy atom. The molecule has 0 saturated heterocycles. The lowest BCUT2D eigenvalue weighted by atomic mass is 9.84. The van der Waals surface area contributed by atoms with Crippen molar-refractivity contribution >= 4 is 0 Å². The van der Waals surface area contributed by atoms with Gasteiger partial charge in [-0.05, 0) is 37.5 Å². The predicted octanol–water partition coefficient (Wildman–Crippen LogP) is 3.56. The van der Waals surface area contributed by atoms with Gasteiger partial charge in [0.15, 0.2) is 0 Å². The van der Waals surface area contributed by atoms with E-state index in [2.05, 4.69) is 10.1 Å². The van der Waals surface area contributed by atoms with Gasteiger partial charge in [-0.2, -0.15) is 4.98 Å². The summed E-state index contributed by atoms with van der Waals surface area (Å²) in [6, 6.07) is 5.35. The first-order valence-corrected chi connectivity index (χ1v) is 7.34. The Labute approximate surface area is 123 Å². The van der Waals surface area contributed by atoms with E-state index in [0.29, 0.717) is 11.7 Å². The van der Waals surface area contributed by atoms with E-state index in [1.807, 2.05) is 19.1 Å². The molecular formula is C16H20N2O3. The normalized spacial score (nSPS) is 17.8. The highest BCUT2D eigenvalue weighted by Crippen LogP contribution is 2.39. The van der Waals surface area contributed by atoms with E-state index < -0.39 is 5.60 Å². The van der Waals surface area contributed by atoms with Gasteiger partial charge in [-0.25, -0.2) is 0 Å². The molecule has 1 aromatic carbocycles. The monoisotopic (exact) mass is 288 g/mol. The number of rotatable bonds is 3. The Bertz CT molecular complexity index is 630. The van der Waals surface area contributed by atoms with Crippen molar-refractivity contribution in [2.45, 2.75) is 44.6 Å². The maximum absolute atomic E-state index is 9.80. The third kappa shape index (κ3) is 2.53. The van der Waals surface area contributed by atoms with E-state index >= 15 is 0 Å². The summed E-state index contributed by atoms with van der Waals surface area (Å²) in [5, 5.41) is 13.9. The smallest absolute Gasteiger partial charge is 0.258 e. The fourth-order valence-electron chi connectivity index (χ4n) is 2.91. The Balaban J connectivity index is 1.93. The number of hydrogen-bond donors (Lipinski definition) is 1. The van der Waals surface area contributed by atoms with Gasteiger partial charge in [0.1, 0.15) is 11.4 Å². The Kier molecular flexibility index (Phi) is 3.68. The topological polar surface area (TPSA) is 68.4 Å². The number of benzene rings is 1. The second-order valence-electron chi connectivity index (χ2n) is 5.68. The number of methoxy groups -OCH3 is 1. The zero-order valence-electron chi connectivity index (χ0n) is 12.4. The van der Waals surface area contributed by atoms with E-state index in [0.717, 1.165) is 36.8 Å². The lowest BCUT2D eigenvalue weighted by molar-refractivity contribution is -0.0527. The summed E-state index contributed by atoms with van der Waals surface area (Å²) in [7, 11) is 1.71. The van der Waals surface area contributed by atoms with Crippen molar-refractivity contribution in [3.05, 3.63) is 29.6 Å². The van der Waals surface area contributed by atoms with Crippen LogP contribution < -0.4 is 0 Å². The van der Waals surface area contributed by atoms with Crippen LogP contribution in [0.15, 0.2) is 22.7 Å². The van der Waals surface area contributed by atoms with Crippen LogP contribution in [0.1, 0.15) is 43.5 Å². The minimum absolute atomic E-state index is 0.228. The standard InChI is InChI=1S/C16H20N2O3/c1-11-6-7-12(10-13(11)19)14-17-15(18-21-14)16(20-2)8-4-3-5-9-16/h6-7,10,19H,3-5,8-9H2,1-2H3. The summed E-state index contributed by atoms with van der Waals surface area (Å²) in [6.45, 7) is 1.85. The first-order chi connectivity index (χ1) is 10.1. The lowest BCUT2D eigenvalue weighted by Gasteiger charge is -2.32. The summed E-state index contributed by atoms with van der Waals surface area (Å²) in [5.41, 5.74) is 1.12. The molecule has 0 bridgehead atoms. The highest BCUT2D eigenvalue weighted by atomic mass is 16.5. The molecule has 2 aromatic rings. The maximum atomic E-state index is 9.80. The van der Waals surface area contributed by atoms with Crippen LogP contribution in [0.5, 0.6) is 5.75 Å². The van der Waals surface area contributed by atoms with Crippen LogP contribution in [0.4, 0.5) is 0 Å². The third-order valence-electron chi connectivity index (χ3n) is 4.34. The molecular weight excluding hydrogens is 268 g/mol. The number of aromatic nitrogens is 2. The van der Waals surface area contributed by atoms with Crippen molar-refractivity contribution < 1.29 is 14.4 Å². The molecule has 0 unspecified atom stereocenters. The second kappa shape index (κ2) is 5.48. The van der Waals surface area contributed by atoms with Crippen LogP contribution >= 0.6 is 0 Å². The van der Waals surface area contributed by atoms with Crippen LogP contribution in [0, 0.1) is 6.92 Å². The van der Waals surface area contributed by atoms with Crippen molar-refractivity contribution in [1.29, 1.82) is 0 Å². The van der Waals surface area contributed by atoms with Gasteiger partial charge in [0.25, 0.3) is 5.89 Å². The van der Waals surface area contributed by atoms with Crippen LogP contribution in [-0.2, 0) is 10.3 Å². The van der Waals surface area contributed by atoms with Gasteiger partial charge in [-0.1, -0.05) is 30.5 Å². The van der Waals surface area contributed by atoms with Gasteiger partial charge >= 0.3 is 0 Å². The maximum Gasteiger partial charge on any atom is 0.258 e. The number of ether oxygens (including phenoxy) is 1. The van der Waals surface area contributed by atoms with Crippen molar-refractivity contribution in [1.82, 2.24) is 10.1 Å². The average Bonchev–Trinajstić information content (AvgIpc) is 3.01. The molecule has 3 rings (SSSR count). The fourth-order valence-corrected chi connectivity index (χ4v) is 2.91. The molecule has 5 nitrogen and oxygen atoms in total. The molecule has 1 heterocycles. The van der Waals surface area contributed by atoms with Gasteiger partial charge in [-0.3, -0.25) is 0 Å². The molecule has 0 atom stereocenters. The summed E-state index contributed by atoms with van der Waals surface area (Å²) in [5.74, 6) is 1.26. The van der Waals surface area contributed by atoms with Gasteiger partial charge in [-0.15, -0.1) is 0 Å².